The Balaban J connectivity index is 1.62. The SMILES string of the molecule is Cc1c(C(=O)OC(C)c2nc3ccccc3n2C(F)F)nnn1-c1cccc([N+](=O)[O-])c1. The lowest BCUT2D eigenvalue weighted by Crippen LogP contribution is -2.15. The summed E-state index contributed by atoms with van der Waals surface area (Å²) < 4.78 is 34.6. The fraction of sp³-hybridized carbons (Fsp3) is 0.200. The zero-order chi connectivity index (χ0) is 23.0. The van der Waals surface area contributed by atoms with Gasteiger partial charge in [0.2, 0.25) is 0 Å². The van der Waals surface area contributed by atoms with E-state index in [4.69, 9.17) is 4.74 Å². The number of nitro benzene ring substituents is 1. The number of nitrogens with zero attached hydrogens (tertiary/aromatic N) is 6. The number of aromatic nitrogens is 5. The Bertz CT molecular complexity index is 1330. The second-order valence-corrected chi connectivity index (χ2v) is 6.87. The Morgan fingerprint density at radius 2 is 1.94 bits per heavy atom. The third-order valence-corrected chi connectivity index (χ3v) is 4.84. The molecule has 4 aromatic rings. The van der Waals surface area contributed by atoms with Gasteiger partial charge in [-0.25, -0.2) is 14.5 Å². The number of ether oxygens (including phenoxy) is 1. The quantitative estimate of drug-likeness (QED) is 0.250. The maximum atomic E-state index is 13.7. The van der Waals surface area contributed by atoms with E-state index in [1.807, 2.05) is 0 Å². The first-order chi connectivity index (χ1) is 15.3. The van der Waals surface area contributed by atoms with Gasteiger partial charge in [0.15, 0.2) is 17.6 Å². The molecular weight excluding hydrogens is 426 g/mol. The number of fused-ring (bicyclic) bond motifs is 1. The van der Waals surface area contributed by atoms with E-state index in [1.54, 1.807) is 24.3 Å². The molecule has 0 amide bonds. The first kappa shape index (κ1) is 21.0. The molecule has 0 saturated carbocycles. The second-order valence-electron chi connectivity index (χ2n) is 6.87. The number of benzene rings is 2. The van der Waals surface area contributed by atoms with E-state index < -0.39 is 23.5 Å². The number of imidazole rings is 1. The lowest BCUT2D eigenvalue weighted by Gasteiger charge is -2.14. The first-order valence-corrected chi connectivity index (χ1v) is 9.41. The van der Waals surface area contributed by atoms with E-state index in [2.05, 4.69) is 15.3 Å². The summed E-state index contributed by atoms with van der Waals surface area (Å²) >= 11 is 0. The van der Waals surface area contributed by atoms with Gasteiger partial charge in [-0.15, -0.1) is 5.10 Å². The van der Waals surface area contributed by atoms with Crippen molar-refractivity contribution in [2.75, 3.05) is 0 Å². The number of para-hydroxylation sites is 2. The molecule has 2 aromatic heterocycles. The average molecular weight is 442 g/mol. The normalized spacial score (nSPS) is 12.3. The van der Waals surface area contributed by atoms with Crippen LogP contribution in [0.3, 0.4) is 0 Å². The van der Waals surface area contributed by atoms with Crippen LogP contribution in [0.25, 0.3) is 16.7 Å². The number of hydrogen-bond donors (Lipinski definition) is 0. The summed E-state index contributed by atoms with van der Waals surface area (Å²) in [5, 5.41) is 18.7. The summed E-state index contributed by atoms with van der Waals surface area (Å²) in [6.45, 7) is 0.0855. The molecule has 0 aliphatic rings. The molecule has 0 fully saturated rings. The number of alkyl halides is 2. The van der Waals surface area contributed by atoms with Crippen LogP contribution in [0.1, 0.15) is 41.6 Å². The molecule has 4 rings (SSSR count). The minimum absolute atomic E-state index is 0.113. The van der Waals surface area contributed by atoms with Crippen LogP contribution in [0.4, 0.5) is 14.5 Å². The molecule has 1 atom stereocenters. The van der Waals surface area contributed by atoms with Crippen LogP contribution in [-0.2, 0) is 4.74 Å². The molecular formula is C20H16F2N6O4. The molecule has 0 saturated heterocycles. The predicted molar refractivity (Wildman–Crippen MR) is 108 cm³/mol. The van der Waals surface area contributed by atoms with Gasteiger partial charge in [0.05, 0.1) is 27.3 Å². The van der Waals surface area contributed by atoms with Gasteiger partial charge in [-0.05, 0) is 32.0 Å². The molecule has 2 aromatic carbocycles. The van der Waals surface area contributed by atoms with Gasteiger partial charge in [0, 0.05) is 12.1 Å². The highest BCUT2D eigenvalue weighted by molar-refractivity contribution is 5.88. The van der Waals surface area contributed by atoms with Crippen molar-refractivity contribution in [3.8, 4) is 5.69 Å². The predicted octanol–water partition coefficient (Wildman–Crippen LogP) is 4.15. The fourth-order valence-electron chi connectivity index (χ4n) is 3.33. The smallest absolute Gasteiger partial charge is 0.361 e. The van der Waals surface area contributed by atoms with E-state index in [0.717, 1.165) is 0 Å². The second kappa shape index (κ2) is 8.13. The summed E-state index contributed by atoms with van der Waals surface area (Å²) in [6.07, 6.45) is -1.11. The van der Waals surface area contributed by atoms with Crippen LogP contribution in [0.2, 0.25) is 0 Å². The number of carbonyl (C=O) groups excluding carboxylic acids is 1. The Morgan fingerprint density at radius 3 is 2.66 bits per heavy atom. The highest BCUT2D eigenvalue weighted by Gasteiger charge is 2.27. The highest BCUT2D eigenvalue weighted by Crippen LogP contribution is 2.29. The lowest BCUT2D eigenvalue weighted by molar-refractivity contribution is -0.384. The largest absolute Gasteiger partial charge is 0.450 e. The van der Waals surface area contributed by atoms with Crippen molar-refractivity contribution in [1.82, 2.24) is 24.5 Å². The van der Waals surface area contributed by atoms with Gasteiger partial charge in [0.25, 0.3) is 5.69 Å². The number of hydrogen-bond acceptors (Lipinski definition) is 7. The summed E-state index contributed by atoms with van der Waals surface area (Å²) in [7, 11) is 0. The molecule has 0 bridgehead atoms. The van der Waals surface area contributed by atoms with Crippen molar-refractivity contribution in [3.05, 3.63) is 75.9 Å². The van der Waals surface area contributed by atoms with Crippen LogP contribution in [0, 0.1) is 17.0 Å². The fourth-order valence-corrected chi connectivity index (χ4v) is 3.33. The summed E-state index contributed by atoms with van der Waals surface area (Å²) in [5.74, 6) is -1.00. The van der Waals surface area contributed by atoms with E-state index >= 15 is 0 Å². The molecule has 0 spiro atoms. The standard InChI is InChI=1S/C20H16F2N6O4/c1-11-17(24-25-27(11)13-6-5-7-14(10-13)28(30)31)19(29)32-12(2)18-23-15-8-3-4-9-16(15)26(18)20(21)22/h3-10,12,20H,1-2H3. The first-order valence-electron chi connectivity index (χ1n) is 9.41. The number of rotatable bonds is 6. The molecule has 0 radical (unpaired) electrons. The third kappa shape index (κ3) is 3.66. The summed E-state index contributed by atoms with van der Waals surface area (Å²) in [6, 6.07) is 12.0. The van der Waals surface area contributed by atoms with E-state index in [-0.39, 0.29) is 28.4 Å². The zero-order valence-corrected chi connectivity index (χ0v) is 16.8. The van der Waals surface area contributed by atoms with Gasteiger partial charge < -0.3 is 4.74 Å². The van der Waals surface area contributed by atoms with Gasteiger partial charge in [-0.3, -0.25) is 14.7 Å². The van der Waals surface area contributed by atoms with Crippen LogP contribution in [0.15, 0.2) is 48.5 Å². The highest BCUT2D eigenvalue weighted by atomic mass is 19.3. The molecule has 32 heavy (non-hydrogen) atoms. The number of nitro groups is 1. The van der Waals surface area contributed by atoms with Gasteiger partial charge in [-0.2, -0.15) is 8.78 Å². The third-order valence-electron chi connectivity index (χ3n) is 4.84. The van der Waals surface area contributed by atoms with Gasteiger partial charge >= 0.3 is 12.5 Å². The molecule has 1 unspecified atom stereocenters. The Kier molecular flexibility index (Phi) is 5.34. The minimum Gasteiger partial charge on any atom is -0.450 e. The zero-order valence-electron chi connectivity index (χ0n) is 16.8. The van der Waals surface area contributed by atoms with Crippen molar-refractivity contribution < 1.29 is 23.2 Å². The van der Waals surface area contributed by atoms with Crippen molar-refractivity contribution in [3.63, 3.8) is 0 Å². The number of non-ortho nitro benzene ring substituents is 1. The minimum atomic E-state index is -2.88. The maximum Gasteiger partial charge on any atom is 0.361 e. The maximum absolute atomic E-state index is 13.7. The molecule has 2 heterocycles. The van der Waals surface area contributed by atoms with Crippen LogP contribution < -0.4 is 0 Å². The Labute approximate surface area is 179 Å². The van der Waals surface area contributed by atoms with Crippen LogP contribution in [-0.4, -0.2) is 35.4 Å². The Morgan fingerprint density at radius 1 is 1.19 bits per heavy atom. The summed E-state index contributed by atoms with van der Waals surface area (Å²) in [5.41, 5.74) is 0.858. The lowest BCUT2D eigenvalue weighted by atomic mass is 10.2. The van der Waals surface area contributed by atoms with Crippen LogP contribution >= 0.6 is 0 Å². The van der Waals surface area contributed by atoms with Crippen molar-refractivity contribution in [1.29, 1.82) is 0 Å². The summed E-state index contributed by atoms with van der Waals surface area (Å²) in [4.78, 5) is 27.3. The average Bonchev–Trinajstić information content (AvgIpc) is 3.34. The van der Waals surface area contributed by atoms with E-state index in [1.165, 1.54) is 42.8 Å². The molecule has 164 valence electrons. The van der Waals surface area contributed by atoms with Crippen molar-refractivity contribution in [2.45, 2.75) is 26.5 Å². The van der Waals surface area contributed by atoms with Crippen LogP contribution in [0.5, 0.6) is 0 Å². The van der Waals surface area contributed by atoms with E-state index in [9.17, 15) is 23.7 Å². The molecule has 10 nitrogen and oxygen atoms in total. The number of carbonyl (C=O) groups is 1. The van der Waals surface area contributed by atoms with Gasteiger partial charge in [0.1, 0.15) is 0 Å². The number of esters is 1. The topological polar surface area (TPSA) is 118 Å². The van der Waals surface area contributed by atoms with Crippen molar-refractivity contribution in [2.24, 2.45) is 0 Å². The molecule has 0 N–H and O–H groups in total. The van der Waals surface area contributed by atoms with Crippen molar-refractivity contribution >= 4 is 22.7 Å². The number of halogens is 2. The van der Waals surface area contributed by atoms with Gasteiger partial charge in [-0.1, -0.05) is 23.4 Å². The molecule has 0 aliphatic heterocycles. The Hall–Kier alpha value is -4.22. The molecule has 12 heteroatoms. The molecule has 0 aliphatic carbocycles. The monoisotopic (exact) mass is 442 g/mol. The van der Waals surface area contributed by atoms with E-state index in [0.29, 0.717) is 15.8 Å².